The van der Waals surface area contributed by atoms with Crippen LogP contribution in [0.15, 0.2) is 11.5 Å². The third-order valence-corrected chi connectivity index (χ3v) is 3.78. The molecule has 0 heterocycles. The summed E-state index contributed by atoms with van der Waals surface area (Å²) in [5, 5.41) is 3.69. The highest BCUT2D eigenvalue weighted by molar-refractivity contribution is 8.71. The van der Waals surface area contributed by atoms with Crippen LogP contribution in [-0.2, 0) is 13.9 Å². The van der Waals surface area contributed by atoms with Gasteiger partial charge in [-0.3, -0.25) is 9.35 Å². The van der Waals surface area contributed by atoms with Crippen LogP contribution in [0, 0.1) is 0 Å². The average molecular weight is 295 g/mol. The molecule has 0 aliphatic rings. The molecule has 0 unspecified atom stereocenters. The molecule has 5 nitrogen and oxygen atoms in total. The van der Waals surface area contributed by atoms with E-state index in [2.05, 4.69) is 12.2 Å². The summed E-state index contributed by atoms with van der Waals surface area (Å²) in [5.74, 6) is -0.347. The lowest BCUT2D eigenvalue weighted by atomic mass is 10.1. The van der Waals surface area contributed by atoms with Crippen molar-refractivity contribution < 1.29 is 17.8 Å². The Kier molecular flexibility index (Phi) is 10.1. The second-order valence-electron chi connectivity index (χ2n) is 3.89. The smallest absolute Gasteiger partial charge is 0.323 e. The zero-order valence-electron chi connectivity index (χ0n) is 10.6. The fourth-order valence-corrected chi connectivity index (χ4v) is 2.24. The molecule has 0 aliphatic carbocycles. The van der Waals surface area contributed by atoms with E-state index in [4.69, 9.17) is 4.55 Å². The third-order valence-electron chi connectivity index (χ3n) is 2.23. The van der Waals surface area contributed by atoms with E-state index in [1.807, 2.05) is 0 Å². The minimum Gasteiger partial charge on any atom is -0.353 e. The largest absolute Gasteiger partial charge is 0.353 e. The first-order valence-corrected chi connectivity index (χ1v) is 8.89. The van der Waals surface area contributed by atoms with Crippen molar-refractivity contribution in [3.05, 3.63) is 11.5 Å². The van der Waals surface area contributed by atoms with Gasteiger partial charge in [0.15, 0.2) is 0 Å². The molecule has 0 aliphatic heterocycles. The van der Waals surface area contributed by atoms with Crippen molar-refractivity contribution in [1.82, 2.24) is 5.32 Å². The Labute approximate surface area is 113 Å². The lowest BCUT2D eigenvalue weighted by Gasteiger charge is -2.02. The van der Waals surface area contributed by atoms with Crippen LogP contribution in [-0.4, -0.2) is 25.4 Å². The van der Waals surface area contributed by atoms with Gasteiger partial charge in [0, 0.05) is 23.4 Å². The maximum atomic E-state index is 11.2. The molecule has 0 rings (SSSR count). The molecule has 0 fully saturated rings. The molecule has 0 aromatic heterocycles. The van der Waals surface area contributed by atoms with E-state index < -0.39 is 9.15 Å². The van der Waals surface area contributed by atoms with Crippen molar-refractivity contribution >= 4 is 25.9 Å². The second kappa shape index (κ2) is 10.4. The van der Waals surface area contributed by atoms with E-state index in [-0.39, 0.29) is 16.7 Å². The summed E-state index contributed by atoms with van der Waals surface area (Å²) in [4.78, 5) is 11.2. The number of rotatable bonds is 10. The second-order valence-corrected chi connectivity index (χ2v) is 7.05. The fraction of sp³-hybridized carbons (Fsp3) is 0.727. The van der Waals surface area contributed by atoms with Crippen LogP contribution in [0.25, 0.3) is 0 Å². The van der Waals surface area contributed by atoms with Crippen LogP contribution in [0.4, 0.5) is 0 Å². The molecule has 0 atom stereocenters. The van der Waals surface area contributed by atoms with Gasteiger partial charge in [-0.25, -0.2) is 0 Å². The molecule has 18 heavy (non-hydrogen) atoms. The summed E-state index contributed by atoms with van der Waals surface area (Å²) in [6.45, 7) is 2.75. The molecule has 0 aromatic carbocycles. The molecule has 2 N–H and O–H groups in total. The molecule has 1 amide bonds. The molecule has 0 bridgehead atoms. The summed E-state index contributed by atoms with van der Waals surface area (Å²) in [6.07, 6.45) is 7.98. The Balaban J connectivity index is 3.48. The van der Waals surface area contributed by atoms with Gasteiger partial charge in [0.2, 0.25) is 5.91 Å². The summed E-state index contributed by atoms with van der Waals surface area (Å²) < 4.78 is 29.1. The van der Waals surface area contributed by atoms with Gasteiger partial charge in [-0.05, 0) is 11.8 Å². The van der Waals surface area contributed by atoms with Crippen LogP contribution in [0.3, 0.4) is 0 Å². The third kappa shape index (κ3) is 13.5. The quantitative estimate of drug-likeness (QED) is 0.280. The Morgan fingerprint density at radius 3 is 2.44 bits per heavy atom. The van der Waals surface area contributed by atoms with Crippen molar-refractivity contribution in [3.63, 3.8) is 0 Å². The van der Waals surface area contributed by atoms with E-state index in [9.17, 15) is 13.2 Å². The molecule has 0 saturated heterocycles. The maximum absolute atomic E-state index is 11.2. The van der Waals surface area contributed by atoms with E-state index in [1.165, 1.54) is 25.7 Å². The van der Waals surface area contributed by atoms with Crippen LogP contribution >= 0.6 is 10.8 Å². The minimum atomic E-state index is -4.11. The maximum Gasteiger partial charge on any atom is 0.323 e. The lowest BCUT2D eigenvalue weighted by Crippen LogP contribution is -2.21. The Morgan fingerprint density at radius 2 is 1.83 bits per heavy atom. The predicted molar refractivity (Wildman–Crippen MR) is 74.7 cm³/mol. The van der Waals surface area contributed by atoms with Crippen molar-refractivity contribution in [2.24, 2.45) is 0 Å². The van der Waals surface area contributed by atoms with Crippen LogP contribution in [0.1, 0.15) is 45.4 Å². The zero-order valence-corrected chi connectivity index (χ0v) is 12.2. The number of hydrogen-bond donors (Lipinski definition) is 2. The monoisotopic (exact) mass is 295 g/mol. The van der Waals surface area contributed by atoms with Crippen LogP contribution in [0.5, 0.6) is 0 Å². The summed E-state index contributed by atoms with van der Waals surface area (Å²) >= 11 is 0. The standard InChI is InChI=1S/C11H21NO4S2/c1-2-3-4-5-6-7-9-12-11(13)8-10-17-18(14,15)16/h8,10H,2-7,9H2,1H3,(H,12,13)(H,14,15,16)/b10-8-. The fourth-order valence-electron chi connectivity index (χ4n) is 1.34. The van der Waals surface area contributed by atoms with Crippen LogP contribution < -0.4 is 5.32 Å². The van der Waals surface area contributed by atoms with Crippen LogP contribution in [0.2, 0.25) is 0 Å². The van der Waals surface area contributed by atoms with Crippen molar-refractivity contribution in [3.8, 4) is 0 Å². The highest BCUT2D eigenvalue weighted by Gasteiger charge is 2.01. The van der Waals surface area contributed by atoms with Gasteiger partial charge in [0.05, 0.1) is 0 Å². The molecular formula is C11H21NO4S2. The lowest BCUT2D eigenvalue weighted by molar-refractivity contribution is -0.116. The number of amides is 1. The summed E-state index contributed by atoms with van der Waals surface area (Å²) in [5.41, 5.74) is 0. The van der Waals surface area contributed by atoms with Gasteiger partial charge in [0.1, 0.15) is 0 Å². The van der Waals surface area contributed by atoms with Crippen molar-refractivity contribution in [2.75, 3.05) is 6.54 Å². The molecule has 106 valence electrons. The first-order valence-electron chi connectivity index (χ1n) is 6.06. The number of hydrogen-bond acceptors (Lipinski definition) is 4. The zero-order chi connectivity index (χ0) is 13.9. The first-order chi connectivity index (χ1) is 8.45. The average Bonchev–Trinajstić information content (AvgIpc) is 2.26. The highest BCUT2D eigenvalue weighted by Crippen LogP contribution is 2.09. The normalized spacial score (nSPS) is 11.9. The van der Waals surface area contributed by atoms with Gasteiger partial charge in [-0.1, -0.05) is 39.0 Å². The molecule has 0 aromatic rings. The van der Waals surface area contributed by atoms with Gasteiger partial charge < -0.3 is 5.32 Å². The molecular weight excluding hydrogens is 274 g/mol. The van der Waals surface area contributed by atoms with E-state index in [1.54, 1.807) is 0 Å². The number of carbonyl (C=O) groups is 1. The van der Waals surface area contributed by atoms with E-state index >= 15 is 0 Å². The molecule has 0 radical (unpaired) electrons. The topological polar surface area (TPSA) is 83.5 Å². The number of nitrogens with one attached hydrogen (secondary N) is 1. The van der Waals surface area contributed by atoms with E-state index in [0.717, 1.165) is 24.3 Å². The predicted octanol–water partition coefficient (Wildman–Crippen LogP) is 2.51. The molecule has 0 spiro atoms. The minimum absolute atomic E-state index is 0.201. The van der Waals surface area contributed by atoms with Gasteiger partial charge in [0.25, 0.3) is 0 Å². The van der Waals surface area contributed by atoms with Gasteiger partial charge in [-0.2, -0.15) is 8.42 Å². The van der Waals surface area contributed by atoms with Gasteiger partial charge >= 0.3 is 9.15 Å². The number of unbranched alkanes of at least 4 members (excludes halogenated alkanes) is 5. The first kappa shape index (κ1) is 17.5. The van der Waals surface area contributed by atoms with Crippen molar-refractivity contribution in [2.45, 2.75) is 45.4 Å². The Bertz CT molecular complexity index is 352. The summed E-state index contributed by atoms with van der Waals surface area (Å²) in [6, 6.07) is 0. The molecule has 7 heteroatoms. The molecule has 0 saturated carbocycles. The Hall–Kier alpha value is -0.530. The highest BCUT2D eigenvalue weighted by atomic mass is 33.1. The Morgan fingerprint density at radius 1 is 1.22 bits per heavy atom. The van der Waals surface area contributed by atoms with E-state index in [0.29, 0.717) is 6.54 Å². The summed E-state index contributed by atoms with van der Waals surface area (Å²) in [7, 11) is -3.91. The SMILES string of the molecule is CCCCCCCCNC(=O)/C=C\SS(=O)(=O)O. The van der Waals surface area contributed by atoms with Gasteiger partial charge in [-0.15, -0.1) is 0 Å². The number of carbonyl (C=O) groups excluding carboxylic acids is 1. The van der Waals surface area contributed by atoms with Crippen molar-refractivity contribution in [1.29, 1.82) is 0 Å².